The zero-order valence-corrected chi connectivity index (χ0v) is 8.28. The first-order chi connectivity index (χ1) is 7.17. The van der Waals surface area contributed by atoms with Crippen molar-refractivity contribution in [3.05, 3.63) is 35.0 Å². The van der Waals surface area contributed by atoms with Crippen molar-refractivity contribution in [1.29, 1.82) is 10.5 Å². The number of nitriles is 2. The van der Waals surface area contributed by atoms with Gasteiger partial charge in [0.25, 0.3) is 0 Å². The molecule has 0 unspecified atom stereocenters. The molecule has 0 aliphatic carbocycles. The summed E-state index contributed by atoms with van der Waals surface area (Å²) in [5.74, 6) is -0.0472. The Morgan fingerprint density at radius 1 is 1.40 bits per heavy atom. The number of rotatable bonds is 2. The van der Waals surface area contributed by atoms with E-state index >= 15 is 0 Å². The average Bonchev–Trinajstić information content (AvgIpc) is 2.22. The molecule has 15 heavy (non-hydrogen) atoms. The van der Waals surface area contributed by atoms with Crippen LogP contribution in [0.25, 0.3) is 0 Å². The van der Waals surface area contributed by atoms with Gasteiger partial charge in [0.05, 0.1) is 5.69 Å². The van der Waals surface area contributed by atoms with E-state index < -0.39 is 0 Å². The van der Waals surface area contributed by atoms with Crippen LogP contribution in [0.1, 0.15) is 0 Å². The highest BCUT2D eigenvalue weighted by Gasteiger charge is 2.00. The molecule has 1 rings (SSSR count). The Labute approximate surface area is 91.6 Å². The number of hydrogen-bond acceptors (Lipinski definition) is 4. The predicted molar refractivity (Wildman–Crippen MR) is 56.0 cm³/mol. The third-order valence-electron chi connectivity index (χ3n) is 1.57. The van der Waals surface area contributed by atoms with Crippen LogP contribution in [0.15, 0.2) is 30.0 Å². The maximum Gasteiger partial charge on any atom is 0.145 e. The molecule has 0 bridgehead atoms. The molecule has 0 aromatic heterocycles. The first-order valence-electron chi connectivity index (χ1n) is 3.93. The van der Waals surface area contributed by atoms with Crippen molar-refractivity contribution in [2.75, 3.05) is 5.32 Å². The van der Waals surface area contributed by atoms with Gasteiger partial charge in [0.1, 0.15) is 23.5 Å². The lowest BCUT2D eigenvalue weighted by atomic mass is 10.3. The normalized spacial score (nSPS) is 8.47. The molecule has 0 aliphatic heterocycles. The number of nitrogens with zero attached hydrogens (tertiary/aromatic N) is 2. The third kappa shape index (κ3) is 2.91. The Morgan fingerprint density at radius 2 is 2.07 bits per heavy atom. The van der Waals surface area contributed by atoms with E-state index in [1.54, 1.807) is 24.3 Å². The van der Waals surface area contributed by atoms with E-state index in [-0.39, 0.29) is 11.3 Å². The van der Waals surface area contributed by atoms with Crippen molar-refractivity contribution in [3.8, 4) is 17.9 Å². The van der Waals surface area contributed by atoms with Gasteiger partial charge in [-0.05, 0) is 12.1 Å². The number of phenols is 1. The zero-order valence-electron chi connectivity index (χ0n) is 7.53. The van der Waals surface area contributed by atoms with Crippen LogP contribution >= 0.6 is 11.6 Å². The minimum Gasteiger partial charge on any atom is -0.506 e. The molecule has 0 amide bonds. The van der Waals surface area contributed by atoms with Crippen molar-refractivity contribution in [1.82, 2.24) is 0 Å². The van der Waals surface area contributed by atoms with E-state index in [4.69, 9.17) is 22.1 Å². The topological polar surface area (TPSA) is 79.8 Å². The molecule has 1 aromatic carbocycles. The van der Waals surface area contributed by atoms with Crippen molar-refractivity contribution in [2.24, 2.45) is 0 Å². The lowest BCUT2D eigenvalue weighted by Gasteiger charge is -2.03. The quantitative estimate of drug-likeness (QED) is 0.591. The largest absolute Gasteiger partial charge is 0.506 e. The SMILES string of the molecule is N#CC(C#N)=CNc1ccc(Cl)cc1O. The molecule has 0 heterocycles. The zero-order chi connectivity index (χ0) is 11.3. The van der Waals surface area contributed by atoms with Gasteiger partial charge >= 0.3 is 0 Å². The van der Waals surface area contributed by atoms with Crippen LogP contribution in [0.4, 0.5) is 5.69 Å². The second-order valence-electron chi connectivity index (χ2n) is 2.59. The maximum absolute atomic E-state index is 9.41. The second kappa shape index (κ2) is 4.90. The van der Waals surface area contributed by atoms with Crippen molar-refractivity contribution in [3.63, 3.8) is 0 Å². The Balaban J connectivity index is 2.89. The number of hydrogen-bond donors (Lipinski definition) is 2. The highest BCUT2D eigenvalue weighted by atomic mass is 35.5. The molecule has 0 atom stereocenters. The van der Waals surface area contributed by atoms with Gasteiger partial charge in [-0.3, -0.25) is 0 Å². The first-order valence-corrected chi connectivity index (χ1v) is 4.30. The molecule has 5 heteroatoms. The first kappa shape index (κ1) is 10.9. The molecule has 1 aromatic rings. The predicted octanol–water partition coefficient (Wildman–Crippen LogP) is 2.39. The van der Waals surface area contributed by atoms with Crippen LogP contribution < -0.4 is 5.32 Å². The fourth-order valence-electron chi connectivity index (χ4n) is 0.866. The Kier molecular flexibility index (Phi) is 3.56. The second-order valence-corrected chi connectivity index (χ2v) is 3.02. The van der Waals surface area contributed by atoms with Gasteiger partial charge < -0.3 is 10.4 Å². The summed E-state index contributed by atoms with van der Waals surface area (Å²) in [4.78, 5) is 0. The summed E-state index contributed by atoms with van der Waals surface area (Å²) >= 11 is 5.63. The molecular formula is C10H6ClN3O. The van der Waals surface area contributed by atoms with Crippen LogP contribution in [0.3, 0.4) is 0 Å². The number of aromatic hydroxyl groups is 1. The number of anilines is 1. The van der Waals surface area contributed by atoms with Crippen LogP contribution in [-0.2, 0) is 0 Å². The van der Waals surface area contributed by atoms with E-state index in [1.807, 2.05) is 0 Å². The summed E-state index contributed by atoms with van der Waals surface area (Å²) in [7, 11) is 0. The highest BCUT2D eigenvalue weighted by molar-refractivity contribution is 6.30. The standard InChI is InChI=1S/C10H6ClN3O/c11-8-1-2-9(10(15)3-8)14-6-7(4-12)5-13/h1-3,6,14-15H. The summed E-state index contributed by atoms with van der Waals surface area (Å²) in [5, 5.41) is 29.3. The summed E-state index contributed by atoms with van der Waals surface area (Å²) in [6.07, 6.45) is 1.21. The summed E-state index contributed by atoms with van der Waals surface area (Å²) < 4.78 is 0. The van der Waals surface area contributed by atoms with Crippen molar-refractivity contribution >= 4 is 17.3 Å². The van der Waals surface area contributed by atoms with E-state index in [0.29, 0.717) is 10.7 Å². The lowest BCUT2D eigenvalue weighted by molar-refractivity contribution is 0.478. The van der Waals surface area contributed by atoms with Gasteiger partial charge in [-0.1, -0.05) is 11.6 Å². The molecular weight excluding hydrogens is 214 g/mol. The van der Waals surface area contributed by atoms with Crippen molar-refractivity contribution in [2.45, 2.75) is 0 Å². The van der Waals surface area contributed by atoms with E-state index in [0.717, 1.165) is 0 Å². The van der Waals surface area contributed by atoms with E-state index in [2.05, 4.69) is 5.32 Å². The van der Waals surface area contributed by atoms with E-state index in [9.17, 15) is 5.11 Å². The summed E-state index contributed by atoms with van der Waals surface area (Å²) in [6.45, 7) is 0. The highest BCUT2D eigenvalue weighted by Crippen LogP contribution is 2.26. The van der Waals surface area contributed by atoms with Crippen molar-refractivity contribution < 1.29 is 5.11 Å². The third-order valence-corrected chi connectivity index (χ3v) is 1.81. The Bertz CT molecular complexity index is 466. The molecule has 0 aliphatic rings. The molecule has 4 nitrogen and oxygen atoms in total. The number of halogens is 1. The molecule has 0 spiro atoms. The maximum atomic E-state index is 9.41. The van der Waals surface area contributed by atoms with Gasteiger partial charge in [-0.25, -0.2) is 0 Å². The summed E-state index contributed by atoms with van der Waals surface area (Å²) in [6, 6.07) is 7.84. The lowest BCUT2D eigenvalue weighted by Crippen LogP contribution is -1.90. The van der Waals surface area contributed by atoms with Crippen LogP contribution in [0, 0.1) is 22.7 Å². The molecule has 0 radical (unpaired) electrons. The monoisotopic (exact) mass is 219 g/mol. The molecule has 74 valence electrons. The minimum absolute atomic E-state index is 0.0472. The van der Waals surface area contributed by atoms with Gasteiger partial charge in [-0.15, -0.1) is 0 Å². The Hall–Kier alpha value is -2.17. The van der Waals surface area contributed by atoms with Crippen LogP contribution in [-0.4, -0.2) is 5.11 Å². The average molecular weight is 220 g/mol. The molecule has 0 fully saturated rings. The Morgan fingerprint density at radius 3 is 2.60 bits per heavy atom. The number of allylic oxidation sites excluding steroid dienone is 1. The number of nitrogens with one attached hydrogen (secondary N) is 1. The molecule has 2 N–H and O–H groups in total. The van der Waals surface area contributed by atoms with Gasteiger partial charge in [0.15, 0.2) is 0 Å². The van der Waals surface area contributed by atoms with Gasteiger partial charge in [-0.2, -0.15) is 10.5 Å². The molecule has 0 saturated carbocycles. The fourth-order valence-corrected chi connectivity index (χ4v) is 1.03. The molecule has 0 saturated heterocycles. The van der Waals surface area contributed by atoms with E-state index in [1.165, 1.54) is 12.3 Å². The smallest absolute Gasteiger partial charge is 0.145 e. The number of phenolic OH excluding ortho intramolecular Hbond substituents is 1. The summed E-state index contributed by atoms with van der Waals surface area (Å²) in [5.41, 5.74) is 0.298. The fraction of sp³-hybridized carbons (Fsp3) is 0. The number of benzene rings is 1. The minimum atomic E-state index is -0.0793. The van der Waals surface area contributed by atoms with Crippen LogP contribution in [0.2, 0.25) is 5.02 Å². The van der Waals surface area contributed by atoms with Crippen LogP contribution in [0.5, 0.6) is 5.75 Å². The van der Waals surface area contributed by atoms with Gasteiger partial charge in [0, 0.05) is 17.3 Å². The van der Waals surface area contributed by atoms with Gasteiger partial charge in [0.2, 0.25) is 0 Å².